The lowest BCUT2D eigenvalue weighted by atomic mass is 10.1. The van der Waals surface area contributed by atoms with E-state index in [1.807, 2.05) is 35.8 Å². The van der Waals surface area contributed by atoms with Crippen molar-refractivity contribution in [3.05, 3.63) is 52.0 Å². The second kappa shape index (κ2) is 7.52. The number of hydrogen-bond donors (Lipinski definition) is 0. The molecule has 1 aliphatic heterocycles. The summed E-state index contributed by atoms with van der Waals surface area (Å²) in [7, 11) is 0. The van der Waals surface area contributed by atoms with Gasteiger partial charge in [0.2, 0.25) is 0 Å². The minimum Gasteiger partial charge on any atom is -0.454 e. The Morgan fingerprint density at radius 2 is 2.11 bits per heavy atom. The zero-order chi connectivity index (χ0) is 18.8. The van der Waals surface area contributed by atoms with Gasteiger partial charge in [0.25, 0.3) is 5.91 Å². The zero-order valence-electron chi connectivity index (χ0n) is 15.2. The maximum atomic E-state index is 12.4. The van der Waals surface area contributed by atoms with Crippen molar-refractivity contribution < 1.29 is 14.3 Å². The number of esters is 1. The molecule has 2 aromatic heterocycles. The van der Waals surface area contributed by atoms with Crippen LogP contribution in [0.1, 0.15) is 23.2 Å². The highest BCUT2D eigenvalue weighted by Crippen LogP contribution is 2.24. The highest BCUT2D eigenvalue weighted by atomic mass is 32.1. The Bertz CT molecular complexity index is 991. The second-order valence-electron chi connectivity index (χ2n) is 6.55. The molecule has 1 aromatic carbocycles. The van der Waals surface area contributed by atoms with Crippen LogP contribution in [0.3, 0.4) is 0 Å². The maximum absolute atomic E-state index is 12.4. The zero-order valence-corrected chi connectivity index (χ0v) is 16.0. The Labute approximate surface area is 161 Å². The number of thiophene rings is 1. The van der Waals surface area contributed by atoms with Crippen LogP contribution < -0.4 is 0 Å². The van der Waals surface area contributed by atoms with E-state index >= 15 is 0 Å². The summed E-state index contributed by atoms with van der Waals surface area (Å²) >= 11 is 1.73. The Kier molecular flexibility index (Phi) is 4.94. The van der Waals surface area contributed by atoms with E-state index in [0.717, 1.165) is 29.7 Å². The molecule has 0 aliphatic carbocycles. The number of nitrogens with zero attached hydrogens (tertiary/aromatic N) is 3. The van der Waals surface area contributed by atoms with E-state index in [4.69, 9.17) is 4.74 Å². The predicted molar refractivity (Wildman–Crippen MR) is 104 cm³/mol. The van der Waals surface area contributed by atoms with Crippen molar-refractivity contribution in [1.29, 1.82) is 0 Å². The van der Waals surface area contributed by atoms with Gasteiger partial charge in [0.15, 0.2) is 6.61 Å². The van der Waals surface area contributed by atoms with Crippen LogP contribution in [0.5, 0.6) is 0 Å². The standard InChI is InChI=1S/C20H21N3O3S/c1-2-18-21-15-5-3-4-6-16(15)23(18)12-20(25)26-13-19(24)22-9-7-17-14(11-22)8-10-27-17/h3-6,8,10H,2,7,9,11-13H2,1H3. The number of imidazole rings is 1. The number of benzene rings is 1. The molecule has 1 amide bonds. The fourth-order valence-electron chi connectivity index (χ4n) is 3.44. The number of rotatable bonds is 5. The number of carbonyl (C=O) groups excluding carboxylic acids is 2. The molecule has 0 fully saturated rings. The van der Waals surface area contributed by atoms with E-state index < -0.39 is 5.97 Å². The smallest absolute Gasteiger partial charge is 0.326 e. The van der Waals surface area contributed by atoms with Crippen molar-refractivity contribution in [3.63, 3.8) is 0 Å². The van der Waals surface area contributed by atoms with Crippen molar-refractivity contribution in [2.75, 3.05) is 13.2 Å². The molecule has 0 saturated carbocycles. The van der Waals surface area contributed by atoms with E-state index in [-0.39, 0.29) is 19.1 Å². The number of para-hydroxylation sites is 2. The fraction of sp³-hybridized carbons (Fsp3) is 0.350. The molecule has 1 aliphatic rings. The summed E-state index contributed by atoms with van der Waals surface area (Å²) in [4.78, 5) is 32.4. The van der Waals surface area contributed by atoms with Gasteiger partial charge in [-0.1, -0.05) is 19.1 Å². The molecule has 0 radical (unpaired) electrons. The van der Waals surface area contributed by atoms with Crippen LogP contribution in [0.15, 0.2) is 35.7 Å². The van der Waals surface area contributed by atoms with Crippen LogP contribution in [-0.2, 0) is 40.3 Å². The van der Waals surface area contributed by atoms with E-state index in [9.17, 15) is 9.59 Å². The van der Waals surface area contributed by atoms with Gasteiger partial charge < -0.3 is 14.2 Å². The third-order valence-electron chi connectivity index (χ3n) is 4.85. The average molecular weight is 383 g/mol. The highest BCUT2D eigenvalue weighted by molar-refractivity contribution is 7.10. The quantitative estimate of drug-likeness (QED) is 0.636. The first-order valence-electron chi connectivity index (χ1n) is 9.08. The molecule has 0 N–H and O–H groups in total. The number of ether oxygens (including phenoxy) is 1. The number of aromatic nitrogens is 2. The van der Waals surface area contributed by atoms with Crippen LogP contribution >= 0.6 is 11.3 Å². The van der Waals surface area contributed by atoms with Gasteiger partial charge in [-0.2, -0.15) is 0 Å². The number of aryl methyl sites for hydroxylation is 1. The van der Waals surface area contributed by atoms with Gasteiger partial charge in [-0.15, -0.1) is 11.3 Å². The van der Waals surface area contributed by atoms with Crippen LogP contribution in [-0.4, -0.2) is 39.5 Å². The first-order valence-corrected chi connectivity index (χ1v) is 9.96. The Morgan fingerprint density at radius 3 is 2.96 bits per heavy atom. The molecule has 3 heterocycles. The topological polar surface area (TPSA) is 64.4 Å². The monoisotopic (exact) mass is 383 g/mol. The number of fused-ring (bicyclic) bond motifs is 2. The lowest BCUT2D eigenvalue weighted by Gasteiger charge is -2.26. The summed E-state index contributed by atoms with van der Waals surface area (Å²) in [6.07, 6.45) is 1.59. The predicted octanol–water partition coefficient (Wildman–Crippen LogP) is 2.79. The molecule has 140 valence electrons. The maximum Gasteiger partial charge on any atom is 0.326 e. The molecule has 7 heteroatoms. The highest BCUT2D eigenvalue weighted by Gasteiger charge is 2.22. The first-order chi connectivity index (χ1) is 13.2. The SMILES string of the molecule is CCc1nc2ccccc2n1CC(=O)OCC(=O)N1CCc2sccc2C1. The molecule has 0 saturated heterocycles. The third kappa shape index (κ3) is 3.60. The number of carbonyl (C=O) groups is 2. The van der Waals surface area contributed by atoms with Crippen molar-refractivity contribution in [2.24, 2.45) is 0 Å². The minimum atomic E-state index is -0.422. The van der Waals surface area contributed by atoms with Gasteiger partial charge in [-0.05, 0) is 35.6 Å². The average Bonchev–Trinajstić information content (AvgIpc) is 3.30. The van der Waals surface area contributed by atoms with Gasteiger partial charge in [-0.25, -0.2) is 4.98 Å². The summed E-state index contributed by atoms with van der Waals surface area (Å²) in [5, 5.41) is 2.05. The Balaban J connectivity index is 1.37. The molecule has 0 bridgehead atoms. The fourth-order valence-corrected chi connectivity index (χ4v) is 4.33. The third-order valence-corrected chi connectivity index (χ3v) is 5.88. The van der Waals surface area contributed by atoms with Gasteiger partial charge >= 0.3 is 5.97 Å². The van der Waals surface area contributed by atoms with E-state index in [2.05, 4.69) is 16.4 Å². The number of hydrogen-bond acceptors (Lipinski definition) is 5. The van der Waals surface area contributed by atoms with E-state index in [1.54, 1.807) is 16.2 Å². The molecule has 0 unspecified atom stereocenters. The van der Waals surface area contributed by atoms with Crippen LogP contribution in [0.2, 0.25) is 0 Å². The van der Waals surface area contributed by atoms with Crippen molar-refractivity contribution in [3.8, 4) is 0 Å². The van der Waals surface area contributed by atoms with Gasteiger partial charge in [0.1, 0.15) is 12.4 Å². The second-order valence-corrected chi connectivity index (χ2v) is 7.55. The summed E-state index contributed by atoms with van der Waals surface area (Å²) in [6, 6.07) is 9.76. The van der Waals surface area contributed by atoms with Gasteiger partial charge in [0, 0.05) is 24.4 Å². The molecule has 6 nitrogen and oxygen atoms in total. The van der Waals surface area contributed by atoms with Crippen LogP contribution in [0.25, 0.3) is 11.0 Å². The summed E-state index contributed by atoms with van der Waals surface area (Å²) in [5.41, 5.74) is 2.96. The lowest BCUT2D eigenvalue weighted by Crippen LogP contribution is -2.38. The minimum absolute atomic E-state index is 0.0612. The van der Waals surface area contributed by atoms with Gasteiger partial charge in [-0.3, -0.25) is 9.59 Å². The number of amides is 1. The van der Waals surface area contributed by atoms with E-state index in [1.165, 1.54) is 10.4 Å². The van der Waals surface area contributed by atoms with Crippen molar-refractivity contribution in [1.82, 2.24) is 14.5 Å². The molecule has 27 heavy (non-hydrogen) atoms. The summed E-state index contributed by atoms with van der Waals surface area (Å²) < 4.78 is 7.13. The molecule has 0 atom stereocenters. The van der Waals surface area contributed by atoms with Crippen molar-refractivity contribution >= 4 is 34.2 Å². The Hall–Kier alpha value is -2.67. The lowest BCUT2D eigenvalue weighted by molar-refractivity contribution is -0.152. The molecule has 3 aromatic rings. The molecular weight excluding hydrogens is 362 g/mol. The van der Waals surface area contributed by atoms with Crippen LogP contribution in [0, 0.1) is 0 Å². The normalized spacial score (nSPS) is 13.6. The summed E-state index contributed by atoms with van der Waals surface area (Å²) in [5.74, 6) is 0.265. The Morgan fingerprint density at radius 1 is 1.26 bits per heavy atom. The van der Waals surface area contributed by atoms with E-state index in [0.29, 0.717) is 13.1 Å². The van der Waals surface area contributed by atoms with Gasteiger partial charge in [0.05, 0.1) is 11.0 Å². The largest absolute Gasteiger partial charge is 0.454 e. The van der Waals surface area contributed by atoms with Crippen molar-refractivity contribution in [2.45, 2.75) is 32.9 Å². The summed E-state index contributed by atoms with van der Waals surface area (Å²) in [6.45, 7) is 3.12. The van der Waals surface area contributed by atoms with Crippen LogP contribution in [0.4, 0.5) is 0 Å². The molecule has 0 spiro atoms. The first kappa shape index (κ1) is 17.7. The molecule has 4 rings (SSSR count). The molecular formula is C20H21N3O3S.